The minimum atomic E-state index is 0.330. The Labute approximate surface area is 104 Å². The number of ether oxygens (including phenoxy) is 1. The monoisotopic (exact) mass is 288 g/mol. The van der Waals surface area contributed by atoms with E-state index in [1.165, 1.54) is 6.42 Å². The normalized spacial score (nSPS) is 25.5. The van der Waals surface area contributed by atoms with Crippen molar-refractivity contribution in [2.45, 2.75) is 32.3 Å². The molecule has 0 heterocycles. The zero-order valence-corrected chi connectivity index (χ0v) is 11.0. The molecule has 0 bridgehead atoms. The average molecular weight is 290 g/mol. The van der Waals surface area contributed by atoms with Crippen LogP contribution in [0.3, 0.4) is 0 Å². The van der Waals surface area contributed by atoms with Crippen LogP contribution < -0.4 is 4.74 Å². The predicted molar refractivity (Wildman–Crippen MR) is 66.6 cm³/mol. The van der Waals surface area contributed by atoms with Crippen molar-refractivity contribution in [2.75, 3.05) is 0 Å². The first kappa shape index (κ1) is 11.3. The molecule has 2 rings (SSSR count). The molecule has 0 amide bonds. The van der Waals surface area contributed by atoms with E-state index >= 15 is 0 Å². The topological polar surface area (TPSA) is 9.23 Å². The smallest absolute Gasteiger partial charge is 0.152 e. The molecule has 0 saturated heterocycles. The van der Waals surface area contributed by atoms with Crippen LogP contribution in [0.25, 0.3) is 0 Å². The van der Waals surface area contributed by atoms with E-state index < -0.39 is 0 Å². The first-order valence-electron chi connectivity index (χ1n) is 5.27. The van der Waals surface area contributed by atoms with Gasteiger partial charge in [-0.15, -0.1) is 0 Å². The standard InChI is InChI=1S/C12H14BrClO/c1-8-5-6-9(7-8)15-12-10(13)3-2-4-11(12)14/h2-4,8-9H,5-7H2,1H3/t8-,9+/m0/s1. The van der Waals surface area contributed by atoms with Gasteiger partial charge in [-0.1, -0.05) is 24.6 Å². The molecule has 2 atom stereocenters. The van der Waals surface area contributed by atoms with Gasteiger partial charge in [-0.25, -0.2) is 0 Å². The van der Waals surface area contributed by atoms with Gasteiger partial charge in [0.25, 0.3) is 0 Å². The largest absolute Gasteiger partial charge is 0.488 e. The third-order valence-corrected chi connectivity index (χ3v) is 3.77. The summed E-state index contributed by atoms with van der Waals surface area (Å²) in [5, 5.41) is 0.684. The van der Waals surface area contributed by atoms with E-state index in [1.54, 1.807) is 0 Å². The highest BCUT2D eigenvalue weighted by atomic mass is 79.9. The van der Waals surface area contributed by atoms with Crippen molar-refractivity contribution in [1.82, 2.24) is 0 Å². The highest BCUT2D eigenvalue weighted by Crippen LogP contribution is 2.36. The molecule has 1 aliphatic carbocycles. The Morgan fingerprint density at radius 2 is 2.20 bits per heavy atom. The van der Waals surface area contributed by atoms with Gasteiger partial charge in [0.15, 0.2) is 5.75 Å². The fourth-order valence-corrected chi connectivity index (χ4v) is 2.82. The van der Waals surface area contributed by atoms with Gasteiger partial charge in [0.05, 0.1) is 15.6 Å². The summed E-state index contributed by atoms with van der Waals surface area (Å²) >= 11 is 9.55. The van der Waals surface area contributed by atoms with Crippen LogP contribution in [0.15, 0.2) is 22.7 Å². The Kier molecular flexibility index (Phi) is 3.57. The molecule has 0 unspecified atom stereocenters. The maximum Gasteiger partial charge on any atom is 0.152 e. The molecular formula is C12H14BrClO. The van der Waals surface area contributed by atoms with E-state index in [0.717, 1.165) is 29.0 Å². The molecule has 1 nitrogen and oxygen atoms in total. The van der Waals surface area contributed by atoms with Crippen LogP contribution in [0.2, 0.25) is 5.02 Å². The SMILES string of the molecule is C[C@H]1CC[C@@H](Oc2c(Cl)cccc2Br)C1. The lowest BCUT2D eigenvalue weighted by Crippen LogP contribution is -2.12. The second kappa shape index (κ2) is 4.75. The minimum Gasteiger partial charge on any atom is -0.488 e. The molecule has 0 N–H and O–H groups in total. The molecule has 0 aliphatic heterocycles. The van der Waals surface area contributed by atoms with Crippen LogP contribution in [0, 0.1) is 5.92 Å². The van der Waals surface area contributed by atoms with Crippen LogP contribution in [-0.2, 0) is 0 Å². The van der Waals surface area contributed by atoms with Gasteiger partial charge >= 0.3 is 0 Å². The van der Waals surface area contributed by atoms with Crippen LogP contribution in [0.4, 0.5) is 0 Å². The van der Waals surface area contributed by atoms with Gasteiger partial charge in [-0.2, -0.15) is 0 Å². The molecule has 1 aromatic rings. The Morgan fingerprint density at radius 1 is 1.40 bits per heavy atom. The molecule has 0 spiro atoms. The quantitative estimate of drug-likeness (QED) is 0.769. The van der Waals surface area contributed by atoms with E-state index in [0.29, 0.717) is 11.1 Å². The summed E-state index contributed by atoms with van der Waals surface area (Å²) in [6, 6.07) is 5.73. The van der Waals surface area contributed by atoms with Crippen molar-refractivity contribution in [3.05, 3.63) is 27.7 Å². The highest BCUT2D eigenvalue weighted by molar-refractivity contribution is 9.10. The molecule has 1 saturated carbocycles. The summed E-state index contributed by atoms with van der Waals surface area (Å²) in [7, 11) is 0. The maximum absolute atomic E-state index is 6.09. The number of rotatable bonds is 2. The summed E-state index contributed by atoms with van der Waals surface area (Å²) in [5.74, 6) is 1.56. The zero-order chi connectivity index (χ0) is 10.8. The Balaban J connectivity index is 2.10. The molecule has 0 aromatic heterocycles. The Hall–Kier alpha value is -0.210. The van der Waals surface area contributed by atoms with Gasteiger partial charge < -0.3 is 4.74 Å². The molecule has 3 heteroatoms. The summed E-state index contributed by atoms with van der Waals surface area (Å²) in [4.78, 5) is 0. The first-order chi connectivity index (χ1) is 7.16. The molecule has 82 valence electrons. The number of halogens is 2. The third kappa shape index (κ3) is 2.67. The van der Waals surface area contributed by atoms with Crippen molar-refractivity contribution < 1.29 is 4.74 Å². The highest BCUT2D eigenvalue weighted by Gasteiger charge is 2.24. The molecule has 1 aromatic carbocycles. The van der Waals surface area contributed by atoms with Crippen LogP contribution in [-0.4, -0.2) is 6.10 Å². The predicted octanol–water partition coefficient (Wildman–Crippen LogP) is 4.67. The summed E-state index contributed by atoms with van der Waals surface area (Å²) in [5.41, 5.74) is 0. The zero-order valence-electron chi connectivity index (χ0n) is 8.67. The van der Waals surface area contributed by atoms with Gasteiger partial charge in [-0.05, 0) is 53.2 Å². The summed E-state index contributed by atoms with van der Waals surface area (Å²) in [6.45, 7) is 2.27. The van der Waals surface area contributed by atoms with Crippen molar-refractivity contribution in [2.24, 2.45) is 5.92 Å². The lowest BCUT2D eigenvalue weighted by atomic mass is 10.1. The fourth-order valence-electron chi connectivity index (χ4n) is 2.02. The van der Waals surface area contributed by atoms with Crippen molar-refractivity contribution in [3.8, 4) is 5.75 Å². The minimum absolute atomic E-state index is 0.330. The first-order valence-corrected chi connectivity index (χ1v) is 6.44. The van der Waals surface area contributed by atoms with E-state index in [9.17, 15) is 0 Å². The average Bonchev–Trinajstić information content (AvgIpc) is 2.58. The fraction of sp³-hybridized carbons (Fsp3) is 0.500. The Morgan fingerprint density at radius 3 is 2.80 bits per heavy atom. The van der Waals surface area contributed by atoms with E-state index in [2.05, 4.69) is 22.9 Å². The number of hydrogen-bond acceptors (Lipinski definition) is 1. The second-order valence-electron chi connectivity index (χ2n) is 4.21. The van der Waals surface area contributed by atoms with Gasteiger partial charge in [0, 0.05) is 0 Å². The van der Waals surface area contributed by atoms with Gasteiger partial charge in [0.2, 0.25) is 0 Å². The van der Waals surface area contributed by atoms with Crippen molar-refractivity contribution >= 4 is 27.5 Å². The molecule has 0 radical (unpaired) electrons. The number of benzene rings is 1. The number of hydrogen-bond donors (Lipinski definition) is 0. The van der Waals surface area contributed by atoms with Crippen molar-refractivity contribution in [3.63, 3.8) is 0 Å². The Bertz CT molecular complexity index is 333. The summed E-state index contributed by atoms with van der Waals surface area (Å²) in [6.07, 6.45) is 3.86. The van der Waals surface area contributed by atoms with Gasteiger partial charge in [0.1, 0.15) is 0 Å². The molecular weight excluding hydrogens is 275 g/mol. The van der Waals surface area contributed by atoms with Crippen molar-refractivity contribution in [1.29, 1.82) is 0 Å². The second-order valence-corrected chi connectivity index (χ2v) is 5.47. The lowest BCUT2D eigenvalue weighted by Gasteiger charge is -2.15. The number of para-hydroxylation sites is 1. The van der Waals surface area contributed by atoms with Crippen LogP contribution in [0.1, 0.15) is 26.2 Å². The van der Waals surface area contributed by atoms with Gasteiger partial charge in [-0.3, -0.25) is 0 Å². The molecule has 15 heavy (non-hydrogen) atoms. The van der Waals surface area contributed by atoms with Crippen LogP contribution in [0.5, 0.6) is 5.75 Å². The lowest BCUT2D eigenvalue weighted by molar-refractivity contribution is 0.204. The molecule has 1 fully saturated rings. The van der Waals surface area contributed by atoms with Crippen LogP contribution >= 0.6 is 27.5 Å². The van der Waals surface area contributed by atoms with E-state index in [-0.39, 0.29) is 0 Å². The third-order valence-electron chi connectivity index (χ3n) is 2.85. The molecule has 1 aliphatic rings. The van der Waals surface area contributed by atoms with E-state index in [1.807, 2.05) is 18.2 Å². The summed E-state index contributed by atoms with van der Waals surface area (Å²) < 4.78 is 6.87. The maximum atomic E-state index is 6.09. The van der Waals surface area contributed by atoms with E-state index in [4.69, 9.17) is 16.3 Å².